The van der Waals surface area contributed by atoms with Crippen LogP contribution in [0.2, 0.25) is 0 Å². The van der Waals surface area contributed by atoms with Gasteiger partial charge in [-0.05, 0) is 23.9 Å². The van der Waals surface area contributed by atoms with Gasteiger partial charge in [-0.3, -0.25) is 4.79 Å². The van der Waals surface area contributed by atoms with E-state index in [1.54, 1.807) is 0 Å². The number of carbonyl (C=O) groups excluding carboxylic acids is 1. The lowest BCUT2D eigenvalue weighted by Gasteiger charge is -2.06. The molecule has 0 atom stereocenters. The molecule has 2 aromatic heterocycles. The Hall–Kier alpha value is -2.56. The smallest absolute Gasteiger partial charge is 0.273 e. The minimum absolute atomic E-state index is 0.180. The Kier molecular flexibility index (Phi) is 4.23. The van der Waals surface area contributed by atoms with Crippen molar-refractivity contribution in [2.24, 2.45) is 0 Å². The molecule has 2 heterocycles. The molecular weight excluding hydrogens is 278 g/mol. The predicted molar refractivity (Wildman–Crippen MR) is 84.8 cm³/mol. The van der Waals surface area contributed by atoms with Crippen LogP contribution in [0.15, 0.2) is 47.2 Å². The van der Waals surface area contributed by atoms with Crippen LogP contribution in [0.4, 0.5) is 0 Å². The molecule has 0 saturated heterocycles. The number of benzene rings is 1. The second kappa shape index (κ2) is 6.47. The quantitative estimate of drug-likeness (QED) is 0.711. The zero-order valence-corrected chi connectivity index (χ0v) is 12.6. The van der Waals surface area contributed by atoms with E-state index in [9.17, 15) is 4.79 Å². The van der Waals surface area contributed by atoms with E-state index in [-0.39, 0.29) is 5.91 Å². The van der Waals surface area contributed by atoms with E-state index < -0.39 is 0 Å². The lowest BCUT2D eigenvalue weighted by Crippen LogP contribution is -2.25. The third-order valence-corrected chi connectivity index (χ3v) is 3.63. The van der Waals surface area contributed by atoms with E-state index in [4.69, 9.17) is 4.42 Å². The normalized spacial score (nSPS) is 11.0. The van der Waals surface area contributed by atoms with Crippen molar-refractivity contribution in [3.05, 3.63) is 54.4 Å². The minimum Gasteiger partial charge on any atom is -0.448 e. The number of fused-ring (bicyclic) bond motifs is 1. The molecule has 0 radical (unpaired) electrons. The van der Waals surface area contributed by atoms with E-state index in [1.807, 2.05) is 19.1 Å². The zero-order chi connectivity index (χ0) is 15.4. The summed E-state index contributed by atoms with van der Waals surface area (Å²) in [5.41, 5.74) is 1.57. The molecule has 1 amide bonds. The van der Waals surface area contributed by atoms with Crippen LogP contribution in [-0.2, 0) is 13.0 Å². The Morgan fingerprint density at radius 3 is 3.00 bits per heavy atom. The fraction of sp³-hybridized carbons (Fsp3) is 0.294. The molecule has 0 aliphatic rings. The van der Waals surface area contributed by atoms with Crippen molar-refractivity contribution in [1.29, 1.82) is 0 Å². The monoisotopic (exact) mass is 297 g/mol. The number of oxazole rings is 1. The number of hydrogen-bond acceptors (Lipinski definition) is 3. The highest BCUT2D eigenvalue weighted by atomic mass is 16.3. The first-order chi connectivity index (χ1) is 10.8. The van der Waals surface area contributed by atoms with Crippen LogP contribution in [0.1, 0.15) is 29.7 Å². The zero-order valence-electron chi connectivity index (χ0n) is 12.6. The standard InChI is InChI=1S/C17H19N3O2/c1-2-16-19-14(12-22-16)17(21)18-9-5-10-20-11-8-13-6-3-4-7-15(13)20/h3-4,6-8,11-12H,2,5,9-10H2,1H3,(H,18,21). The first-order valence-corrected chi connectivity index (χ1v) is 7.54. The maximum atomic E-state index is 11.9. The Bertz CT molecular complexity index is 773. The summed E-state index contributed by atoms with van der Waals surface area (Å²) in [4.78, 5) is 16.0. The lowest BCUT2D eigenvalue weighted by atomic mass is 10.2. The molecular formula is C17H19N3O2. The lowest BCUT2D eigenvalue weighted by molar-refractivity contribution is 0.0947. The summed E-state index contributed by atoms with van der Waals surface area (Å²) < 4.78 is 7.37. The van der Waals surface area contributed by atoms with Gasteiger partial charge >= 0.3 is 0 Å². The molecule has 1 N–H and O–H groups in total. The van der Waals surface area contributed by atoms with E-state index in [0.29, 0.717) is 24.6 Å². The van der Waals surface area contributed by atoms with Crippen molar-refractivity contribution in [1.82, 2.24) is 14.9 Å². The second-order valence-electron chi connectivity index (χ2n) is 5.16. The fourth-order valence-electron chi connectivity index (χ4n) is 2.46. The number of carbonyl (C=O) groups is 1. The topological polar surface area (TPSA) is 60.1 Å². The molecule has 0 aliphatic heterocycles. The molecule has 22 heavy (non-hydrogen) atoms. The third kappa shape index (κ3) is 3.03. The number of nitrogens with one attached hydrogen (secondary N) is 1. The highest BCUT2D eigenvalue weighted by molar-refractivity contribution is 5.91. The first-order valence-electron chi connectivity index (χ1n) is 7.54. The van der Waals surface area contributed by atoms with Gasteiger partial charge in [0, 0.05) is 31.2 Å². The Balaban J connectivity index is 1.50. The molecule has 3 rings (SSSR count). The second-order valence-corrected chi connectivity index (χ2v) is 5.16. The van der Waals surface area contributed by atoms with Gasteiger partial charge < -0.3 is 14.3 Å². The van der Waals surface area contributed by atoms with E-state index in [2.05, 4.69) is 39.3 Å². The van der Waals surface area contributed by atoms with Crippen LogP contribution in [0.25, 0.3) is 10.9 Å². The van der Waals surface area contributed by atoms with Gasteiger partial charge in [-0.2, -0.15) is 0 Å². The van der Waals surface area contributed by atoms with Crippen molar-refractivity contribution in [2.75, 3.05) is 6.54 Å². The summed E-state index contributed by atoms with van der Waals surface area (Å²) in [5.74, 6) is 0.407. The van der Waals surface area contributed by atoms with Gasteiger partial charge in [-0.25, -0.2) is 4.98 Å². The number of amides is 1. The largest absolute Gasteiger partial charge is 0.448 e. The Morgan fingerprint density at radius 1 is 1.32 bits per heavy atom. The highest BCUT2D eigenvalue weighted by Gasteiger charge is 2.10. The minimum atomic E-state index is -0.180. The van der Waals surface area contributed by atoms with Gasteiger partial charge in [0.1, 0.15) is 6.26 Å². The summed E-state index contributed by atoms with van der Waals surface area (Å²) >= 11 is 0. The van der Waals surface area contributed by atoms with Gasteiger partial charge in [0.05, 0.1) is 0 Å². The number of nitrogens with zero attached hydrogens (tertiary/aromatic N) is 2. The van der Waals surface area contributed by atoms with Gasteiger partial charge in [0.15, 0.2) is 11.6 Å². The maximum Gasteiger partial charge on any atom is 0.273 e. The van der Waals surface area contributed by atoms with E-state index >= 15 is 0 Å². The SMILES string of the molecule is CCc1nc(C(=O)NCCCn2ccc3ccccc32)co1. The summed E-state index contributed by atoms with van der Waals surface area (Å²) in [6.45, 7) is 3.42. The number of rotatable bonds is 6. The van der Waals surface area contributed by atoms with Crippen molar-refractivity contribution < 1.29 is 9.21 Å². The highest BCUT2D eigenvalue weighted by Crippen LogP contribution is 2.15. The Labute approximate surface area is 129 Å². The number of para-hydroxylation sites is 1. The number of aromatic nitrogens is 2. The molecule has 1 aromatic carbocycles. The molecule has 0 aliphatic carbocycles. The molecule has 5 heteroatoms. The van der Waals surface area contributed by atoms with Crippen LogP contribution < -0.4 is 5.32 Å². The van der Waals surface area contributed by atoms with Gasteiger partial charge in [-0.1, -0.05) is 25.1 Å². The third-order valence-electron chi connectivity index (χ3n) is 3.63. The van der Waals surface area contributed by atoms with Crippen LogP contribution in [0.5, 0.6) is 0 Å². The molecule has 3 aromatic rings. The molecule has 0 bridgehead atoms. The van der Waals surface area contributed by atoms with Gasteiger partial charge in [0.25, 0.3) is 5.91 Å². The molecule has 0 fully saturated rings. The molecule has 5 nitrogen and oxygen atoms in total. The molecule has 0 spiro atoms. The van der Waals surface area contributed by atoms with Crippen molar-refractivity contribution >= 4 is 16.8 Å². The van der Waals surface area contributed by atoms with Crippen LogP contribution in [0, 0.1) is 0 Å². The summed E-state index contributed by atoms with van der Waals surface area (Å²) in [7, 11) is 0. The predicted octanol–water partition coefficient (Wildman–Crippen LogP) is 3.01. The summed E-state index contributed by atoms with van der Waals surface area (Å²) in [5, 5.41) is 4.11. The molecule has 114 valence electrons. The van der Waals surface area contributed by atoms with Crippen LogP contribution in [-0.4, -0.2) is 22.0 Å². The Morgan fingerprint density at radius 2 is 2.18 bits per heavy atom. The van der Waals surface area contributed by atoms with Crippen LogP contribution in [0.3, 0.4) is 0 Å². The average molecular weight is 297 g/mol. The average Bonchev–Trinajstić information content (AvgIpc) is 3.18. The van der Waals surface area contributed by atoms with Crippen molar-refractivity contribution in [3.63, 3.8) is 0 Å². The fourth-order valence-corrected chi connectivity index (χ4v) is 2.46. The van der Waals surface area contributed by atoms with Crippen molar-refractivity contribution in [3.8, 4) is 0 Å². The van der Waals surface area contributed by atoms with Gasteiger partial charge in [0.2, 0.25) is 0 Å². The molecule has 0 saturated carbocycles. The summed E-state index contributed by atoms with van der Waals surface area (Å²) in [6.07, 6.45) is 5.04. The van der Waals surface area contributed by atoms with Gasteiger partial charge in [-0.15, -0.1) is 0 Å². The van der Waals surface area contributed by atoms with E-state index in [0.717, 1.165) is 13.0 Å². The van der Waals surface area contributed by atoms with E-state index in [1.165, 1.54) is 17.2 Å². The van der Waals surface area contributed by atoms with Crippen molar-refractivity contribution in [2.45, 2.75) is 26.3 Å². The maximum absolute atomic E-state index is 11.9. The van der Waals surface area contributed by atoms with Crippen LogP contribution >= 0.6 is 0 Å². The molecule has 0 unspecified atom stereocenters. The number of hydrogen-bond donors (Lipinski definition) is 1. The first kappa shape index (κ1) is 14.4. The number of aryl methyl sites for hydroxylation is 2. The summed E-state index contributed by atoms with van der Waals surface area (Å²) in [6, 6.07) is 10.4.